The first-order valence-corrected chi connectivity index (χ1v) is 15.8. The molecule has 0 saturated carbocycles. The number of methoxy groups -OCH3 is 1. The third-order valence-electron chi connectivity index (χ3n) is 6.59. The van der Waals surface area contributed by atoms with Gasteiger partial charge in [0.15, 0.2) is 0 Å². The summed E-state index contributed by atoms with van der Waals surface area (Å²) in [7, 11) is -2.18. The number of halogens is 1. The molecule has 8 nitrogen and oxygen atoms in total. The molecule has 0 spiro atoms. The molecule has 3 aromatic carbocycles. The molecule has 0 aromatic heterocycles. The average Bonchev–Trinajstić information content (AvgIpc) is 2.96. The van der Waals surface area contributed by atoms with Crippen molar-refractivity contribution in [1.29, 1.82) is 0 Å². The molecule has 2 amide bonds. The van der Waals surface area contributed by atoms with E-state index in [0.29, 0.717) is 24.4 Å². The zero-order chi connectivity index (χ0) is 29.8. The van der Waals surface area contributed by atoms with Crippen molar-refractivity contribution in [2.75, 3.05) is 30.8 Å². The number of hydrogen-bond acceptors (Lipinski definition) is 5. The first-order valence-electron chi connectivity index (χ1n) is 13.6. The number of carbonyl (C=O) groups is 2. The summed E-state index contributed by atoms with van der Waals surface area (Å²) >= 11 is 6.25. The summed E-state index contributed by atoms with van der Waals surface area (Å²) in [6, 6.07) is 23.1. The van der Waals surface area contributed by atoms with Crippen molar-refractivity contribution >= 4 is 39.1 Å². The number of amides is 2. The minimum absolute atomic E-state index is 0.0507. The van der Waals surface area contributed by atoms with Crippen LogP contribution in [0.2, 0.25) is 5.02 Å². The topological polar surface area (TPSA) is 96.0 Å². The summed E-state index contributed by atoms with van der Waals surface area (Å²) in [5, 5.41) is 3.24. The van der Waals surface area contributed by atoms with Gasteiger partial charge in [-0.3, -0.25) is 13.9 Å². The maximum absolute atomic E-state index is 13.8. The van der Waals surface area contributed by atoms with Gasteiger partial charge in [-0.2, -0.15) is 0 Å². The number of anilines is 1. The lowest BCUT2D eigenvalue weighted by Gasteiger charge is -2.32. The molecule has 41 heavy (non-hydrogen) atoms. The molecule has 0 aliphatic carbocycles. The van der Waals surface area contributed by atoms with E-state index in [4.69, 9.17) is 16.3 Å². The van der Waals surface area contributed by atoms with Crippen LogP contribution in [0, 0.1) is 0 Å². The molecule has 220 valence electrons. The number of carbonyl (C=O) groups excluding carboxylic acids is 2. The van der Waals surface area contributed by atoms with Gasteiger partial charge in [0.05, 0.1) is 24.1 Å². The van der Waals surface area contributed by atoms with Gasteiger partial charge in [-0.05, 0) is 42.2 Å². The van der Waals surface area contributed by atoms with Crippen molar-refractivity contribution < 1.29 is 22.7 Å². The highest BCUT2D eigenvalue weighted by Gasteiger charge is 2.30. The zero-order valence-corrected chi connectivity index (χ0v) is 25.3. The van der Waals surface area contributed by atoms with E-state index in [1.807, 2.05) is 67.6 Å². The maximum Gasteiger partial charge on any atom is 0.243 e. The van der Waals surface area contributed by atoms with E-state index < -0.39 is 16.1 Å². The smallest absolute Gasteiger partial charge is 0.243 e. The number of nitrogens with zero attached hydrogens (tertiary/aromatic N) is 2. The molecule has 1 atom stereocenters. The van der Waals surface area contributed by atoms with Crippen molar-refractivity contribution in [2.24, 2.45) is 0 Å². The van der Waals surface area contributed by atoms with Crippen LogP contribution in [0.1, 0.15) is 37.3 Å². The van der Waals surface area contributed by atoms with Gasteiger partial charge in [0, 0.05) is 32.5 Å². The number of ether oxygens (including phenoxy) is 1. The summed E-state index contributed by atoms with van der Waals surface area (Å²) in [6.45, 7) is 2.80. The molecular formula is C31H38ClN3O5S. The Kier molecular flexibility index (Phi) is 12.0. The fourth-order valence-corrected chi connectivity index (χ4v) is 5.72. The molecule has 0 aliphatic heterocycles. The predicted octanol–water partition coefficient (Wildman–Crippen LogP) is 5.06. The van der Waals surface area contributed by atoms with Gasteiger partial charge in [0.25, 0.3) is 0 Å². The van der Waals surface area contributed by atoms with Gasteiger partial charge < -0.3 is 15.0 Å². The molecular weight excluding hydrogens is 562 g/mol. The van der Waals surface area contributed by atoms with E-state index in [9.17, 15) is 18.0 Å². The highest BCUT2D eigenvalue weighted by Crippen LogP contribution is 2.30. The fourth-order valence-electron chi connectivity index (χ4n) is 4.51. The van der Waals surface area contributed by atoms with E-state index in [-0.39, 0.29) is 42.8 Å². The van der Waals surface area contributed by atoms with Crippen molar-refractivity contribution in [2.45, 2.75) is 45.2 Å². The fraction of sp³-hybridized carbons (Fsp3) is 0.355. The van der Waals surface area contributed by atoms with Gasteiger partial charge in [-0.25, -0.2) is 8.42 Å². The van der Waals surface area contributed by atoms with Gasteiger partial charge in [0.1, 0.15) is 11.8 Å². The molecule has 3 rings (SSSR count). The van der Waals surface area contributed by atoms with Crippen molar-refractivity contribution in [3.05, 3.63) is 95.0 Å². The molecule has 10 heteroatoms. The second-order valence-corrected chi connectivity index (χ2v) is 12.1. The lowest BCUT2D eigenvalue weighted by molar-refractivity contribution is -0.141. The van der Waals surface area contributed by atoms with E-state index in [0.717, 1.165) is 23.8 Å². The molecule has 1 N–H and O–H groups in total. The van der Waals surface area contributed by atoms with Crippen LogP contribution in [0.15, 0.2) is 78.9 Å². The standard InChI is InChI=1S/C31H38ClN3O5S/c1-4-19-33-31(37)28(21-24-12-7-5-8-13-24)34(23-25-14-9-6-10-15-25)30(36)16-11-20-35(41(3,38)39)26-17-18-29(40-2)27(32)22-26/h5-10,12-15,17-18,22,28H,4,11,16,19-21,23H2,1-3H3,(H,33,37)/t28-/m0/s1. The molecule has 0 bridgehead atoms. The average molecular weight is 600 g/mol. The molecule has 0 unspecified atom stereocenters. The Morgan fingerprint density at radius 3 is 2.17 bits per heavy atom. The first kappa shape index (κ1) is 32.0. The maximum atomic E-state index is 13.8. The Bertz CT molecular complexity index is 1390. The largest absolute Gasteiger partial charge is 0.495 e. The molecule has 0 heterocycles. The van der Waals surface area contributed by atoms with Crippen LogP contribution in [0.5, 0.6) is 5.75 Å². The third kappa shape index (κ3) is 9.50. The zero-order valence-electron chi connectivity index (χ0n) is 23.8. The van der Waals surface area contributed by atoms with E-state index in [1.54, 1.807) is 17.0 Å². The SMILES string of the molecule is CCCNC(=O)[C@H](Cc1ccccc1)N(Cc1ccccc1)C(=O)CCCN(c1ccc(OC)c(Cl)c1)S(C)(=O)=O. The molecule has 0 saturated heterocycles. The van der Waals surface area contributed by atoms with E-state index in [2.05, 4.69) is 5.32 Å². The van der Waals surface area contributed by atoms with Crippen LogP contribution in [-0.4, -0.2) is 57.6 Å². The van der Waals surface area contributed by atoms with Crippen molar-refractivity contribution in [1.82, 2.24) is 10.2 Å². The molecule has 3 aromatic rings. The first-order chi connectivity index (χ1) is 19.6. The Morgan fingerprint density at radius 2 is 1.61 bits per heavy atom. The minimum atomic E-state index is -3.66. The predicted molar refractivity (Wildman–Crippen MR) is 164 cm³/mol. The van der Waals surface area contributed by atoms with Gasteiger partial charge >= 0.3 is 0 Å². The van der Waals surface area contributed by atoms with Crippen LogP contribution >= 0.6 is 11.6 Å². The Hall–Kier alpha value is -3.56. The van der Waals surface area contributed by atoms with Crippen LogP contribution in [0.25, 0.3) is 0 Å². The summed E-state index contributed by atoms with van der Waals surface area (Å²) < 4.78 is 31.7. The number of nitrogens with one attached hydrogen (secondary N) is 1. The van der Waals surface area contributed by atoms with Crippen LogP contribution in [0.4, 0.5) is 5.69 Å². The second kappa shape index (κ2) is 15.4. The lowest BCUT2D eigenvalue weighted by atomic mass is 10.0. The number of benzene rings is 3. The van der Waals surface area contributed by atoms with Crippen LogP contribution in [0.3, 0.4) is 0 Å². The minimum Gasteiger partial charge on any atom is -0.495 e. The molecule has 0 aliphatic rings. The highest BCUT2D eigenvalue weighted by molar-refractivity contribution is 7.92. The summed E-state index contributed by atoms with van der Waals surface area (Å²) in [6.07, 6.45) is 2.54. The summed E-state index contributed by atoms with van der Waals surface area (Å²) in [5.41, 5.74) is 2.22. The van der Waals surface area contributed by atoms with Crippen LogP contribution in [-0.2, 0) is 32.6 Å². The Balaban J connectivity index is 1.85. The van der Waals surface area contributed by atoms with E-state index in [1.165, 1.54) is 17.5 Å². The summed E-state index contributed by atoms with van der Waals surface area (Å²) in [5.74, 6) is -0.0188. The van der Waals surface area contributed by atoms with Crippen molar-refractivity contribution in [3.63, 3.8) is 0 Å². The highest BCUT2D eigenvalue weighted by atomic mass is 35.5. The normalized spacial score (nSPS) is 11.9. The number of rotatable bonds is 15. The molecule has 0 radical (unpaired) electrons. The van der Waals surface area contributed by atoms with Gasteiger partial charge in [-0.1, -0.05) is 79.2 Å². The van der Waals surface area contributed by atoms with Gasteiger partial charge in [0.2, 0.25) is 21.8 Å². The second-order valence-electron chi connectivity index (χ2n) is 9.76. The monoisotopic (exact) mass is 599 g/mol. The van der Waals surface area contributed by atoms with Gasteiger partial charge in [-0.15, -0.1) is 0 Å². The third-order valence-corrected chi connectivity index (χ3v) is 8.08. The number of sulfonamides is 1. The Morgan fingerprint density at radius 1 is 0.976 bits per heavy atom. The number of hydrogen-bond donors (Lipinski definition) is 1. The quantitative estimate of drug-likeness (QED) is 0.263. The Labute approximate surface area is 248 Å². The van der Waals surface area contributed by atoms with E-state index >= 15 is 0 Å². The van der Waals surface area contributed by atoms with Crippen LogP contribution < -0.4 is 14.4 Å². The van der Waals surface area contributed by atoms with Crippen molar-refractivity contribution in [3.8, 4) is 5.75 Å². The lowest BCUT2D eigenvalue weighted by Crippen LogP contribution is -2.50. The summed E-state index contributed by atoms with van der Waals surface area (Å²) in [4.78, 5) is 28.8. The molecule has 0 fully saturated rings.